The second kappa shape index (κ2) is 4.85. The highest BCUT2D eigenvalue weighted by Gasteiger charge is 2.32. The van der Waals surface area contributed by atoms with Crippen LogP contribution in [0.4, 0.5) is 5.82 Å². The lowest BCUT2D eigenvalue weighted by Gasteiger charge is -2.27. The van der Waals surface area contributed by atoms with Gasteiger partial charge in [-0.3, -0.25) is 0 Å². The summed E-state index contributed by atoms with van der Waals surface area (Å²) in [5.74, 6) is 1.26. The molecule has 1 aromatic heterocycles. The van der Waals surface area contributed by atoms with E-state index < -0.39 is 9.84 Å². The van der Waals surface area contributed by atoms with Crippen LogP contribution in [0, 0.1) is 0 Å². The molecular weight excluding hydrogens is 250 g/mol. The van der Waals surface area contributed by atoms with E-state index in [1.54, 1.807) is 6.20 Å². The summed E-state index contributed by atoms with van der Waals surface area (Å²) in [4.78, 5) is 6.29. The predicted molar refractivity (Wildman–Crippen MR) is 72.3 cm³/mol. The first-order chi connectivity index (χ1) is 8.41. The molecule has 1 aliphatic heterocycles. The molecule has 6 heteroatoms. The van der Waals surface area contributed by atoms with Crippen LogP contribution in [0.1, 0.15) is 24.9 Å². The highest BCUT2D eigenvalue weighted by atomic mass is 32.2. The maximum atomic E-state index is 11.5. The zero-order chi connectivity index (χ0) is 13.3. The molecule has 0 aromatic carbocycles. The first-order valence-corrected chi connectivity index (χ1v) is 7.86. The lowest BCUT2D eigenvalue weighted by molar-refractivity contribution is 0.600. The molecule has 2 unspecified atom stereocenters. The van der Waals surface area contributed by atoms with E-state index in [9.17, 15) is 8.42 Å². The van der Waals surface area contributed by atoms with Gasteiger partial charge in [-0.2, -0.15) is 0 Å². The van der Waals surface area contributed by atoms with Gasteiger partial charge in [-0.25, -0.2) is 13.4 Å². The Morgan fingerprint density at radius 1 is 1.56 bits per heavy atom. The van der Waals surface area contributed by atoms with Gasteiger partial charge >= 0.3 is 0 Å². The maximum absolute atomic E-state index is 11.5. The van der Waals surface area contributed by atoms with Crippen LogP contribution in [-0.4, -0.2) is 38.0 Å². The maximum Gasteiger partial charge on any atom is 0.152 e. The Hall–Kier alpha value is -1.14. The molecule has 1 aromatic rings. The summed E-state index contributed by atoms with van der Waals surface area (Å²) in [5.41, 5.74) is 6.87. The van der Waals surface area contributed by atoms with Gasteiger partial charge in [-0.05, 0) is 19.4 Å². The minimum absolute atomic E-state index is 0.00222. The molecule has 0 bridgehead atoms. The topological polar surface area (TPSA) is 76.3 Å². The number of nitrogens with zero attached hydrogens (tertiary/aromatic N) is 2. The summed E-state index contributed by atoms with van der Waals surface area (Å²) >= 11 is 0. The van der Waals surface area contributed by atoms with E-state index >= 15 is 0 Å². The van der Waals surface area contributed by atoms with Gasteiger partial charge in [0, 0.05) is 30.9 Å². The third kappa shape index (κ3) is 2.64. The van der Waals surface area contributed by atoms with Crippen molar-refractivity contribution in [2.75, 3.05) is 23.5 Å². The SMILES string of the molecule is CC(N)c1cccnc1N(C)C1CCS(=O)(=O)C1. The van der Waals surface area contributed by atoms with E-state index in [-0.39, 0.29) is 23.6 Å². The van der Waals surface area contributed by atoms with E-state index in [1.807, 2.05) is 31.0 Å². The van der Waals surface area contributed by atoms with E-state index in [0.29, 0.717) is 6.42 Å². The highest BCUT2D eigenvalue weighted by molar-refractivity contribution is 7.91. The number of sulfone groups is 1. The molecule has 1 saturated heterocycles. The molecule has 2 rings (SSSR count). The van der Waals surface area contributed by atoms with Crippen molar-refractivity contribution in [3.05, 3.63) is 23.9 Å². The molecular formula is C12H19N3O2S. The second-order valence-electron chi connectivity index (χ2n) is 4.87. The molecule has 0 amide bonds. The van der Waals surface area contributed by atoms with Crippen molar-refractivity contribution in [3.8, 4) is 0 Å². The lowest BCUT2D eigenvalue weighted by Crippen LogP contribution is -2.34. The van der Waals surface area contributed by atoms with E-state index in [2.05, 4.69) is 4.98 Å². The summed E-state index contributed by atoms with van der Waals surface area (Å²) < 4.78 is 23.0. The van der Waals surface area contributed by atoms with Gasteiger partial charge in [0.1, 0.15) is 5.82 Å². The number of anilines is 1. The van der Waals surface area contributed by atoms with Crippen molar-refractivity contribution in [2.45, 2.75) is 25.4 Å². The first kappa shape index (κ1) is 13.3. The Morgan fingerprint density at radius 3 is 2.83 bits per heavy atom. The van der Waals surface area contributed by atoms with Gasteiger partial charge in [0.05, 0.1) is 11.5 Å². The molecule has 2 atom stereocenters. The smallest absolute Gasteiger partial charge is 0.152 e. The lowest BCUT2D eigenvalue weighted by atomic mass is 10.1. The number of nitrogens with two attached hydrogens (primary N) is 1. The van der Waals surface area contributed by atoms with Crippen LogP contribution in [0.5, 0.6) is 0 Å². The van der Waals surface area contributed by atoms with Crippen LogP contribution >= 0.6 is 0 Å². The zero-order valence-corrected chi connectivity index (χ0v) is 11.5. The van der Waals surface area contributed by atoms with Crippen LogP contribution in [0.3, 0.4) is 0 Å². The summed E-state index contributed by atoms with van der Waals surface area (Å²) in [6.07, 6.45) is 2.37. The molecule has 2 heterocycles. The molecule has 0 spiro atoms. The van der Waals surface area contributed by atoms with Crippen molar-refractivity contribution in [3.63, 3.8) is 0 Å². The average Bonchev–Trinajstić information content (AvgIpc) is 2.68. The van der Waals surface area contributed by atoms with Crippen molar-refractivity contribution >= 4 is 15.7 Å². The minimum atomic E-state index is -2.88. The number of rotatable bonds is 3. The Labute approximate surface area is 108 Å². The van der Waals surface area contributed by atoms with Gasteiger partial charge in [0.2, 0.25) is 0 Å². The Morgan fingerprint density at radius 2 is 2.28 bits per heavy atom. The number of aromatic nitrogens is 1. The fraction of sp³-hybridized carbons (Fsp3) is 0.583. The van der Waals surface area contributed by atoms with Crippen LogP contribution in [0.15, 0.2) is 18.3 Å². The standard InChI is InChI=1S/C12H19N3O2S/c1-9(13)11-4-3-6-14-12(11)15(2)10-5-7-18(16,17)8-10/h3-4,6,9-10H,5,7-8,13H2,1-2H3. The summed E-state index contributed by atoms with van der Waals surface area (Å²) in [6, 6.07) is 3.67. The molecule has 0 aliphatic carbocycles. The fourth-order valence-electron chi connectivity index (χ4n) is 2.31. The fourth-order valence-corrected chi connectivity index (χ4v) is 4.09. The van der Waals surface area contributed by atoms with Crippen LogP contribution in [0.2, 0.25) is 0 Å². The van der Waals surface area contributed by atoms with Gasteiger partial charge < -0.3 is 10.6 Å². The minimum Gasteiger partial charge on any atom is -0.355 e. The molecule has 100 valence electrons. The molecule has 2 N–H and O–H groups in total. The van der Waals surface area contributed by atoms with Gasteiger partial charge in [0.25, 0.3) is 0 Å². The summed E-state index contributed by atoms with van der Waals surface area (Å²) in [5, 5.41) is 0. The molecule has 1 fully saturated rings. The van der Waals surface area contributed by atoms with Crippen LogP contribution < -0.4 is 10.6 Å². The normalized spacial score (nSPS) is 23.8. The number of hydrogen-bond acceptors (Lipinski definition) is 5. The predicted octanol–water partition coefficient (Wildman–Crippen LogP) is 0.725. The van der Waals surface area contributed by atoms with Crippen LogP contribution in [0.25, 0.3) is 0 Å². The van der Waals surface area contributed by atoms with Crippen molar-refractivity contribution in [1.29, 1.82) is 0 Å². The largest absolute Gasteiger partial charge is 0.355 e. The van der Waals surface area contributed by atoms with Gasteiger partial charge in [-0.15, -0.1) is 0 Å². The zero-order valence-electron chi connectivity index (χ0n) is 10.7. The summed E-state index contributed by atoms with van der Waals surface area (Å²) in [7, 11) is -0.994. The third-order valence-corrected chi connectivity index (χ3v) is 5.15. The van der Waals surface area contributed by atoms with Crippen LogP contribution in [-0.2, 0) is 9.84 Å². The average molecular weight is 269 g/mol. The molecule has 1 aliphatic rings. The van der Waals surface area contributed by atoms with E-state index in [4.69, 9.17) is 5.73 Å². The summed E-state index contributed by atoms with van der Waals surface area (Å²) in [6.45, 7) is 1.90. The quantitative estimate of drug-likeness (QED) is 0.875. The third-order valence-electron chi connectivity index (χ3n) is 3.40. The van der Waals surface area contributed by atoms with Crippen molar-refractivity contribution in [2.24, 2.45) is 5.73 Å². The molecule has 0 radical (unpaired) electrons. The molecule has 0 saturated carbocycles. The Kier molecular flexibility index (Phi) is 3.59. The molecule has 18 heavy (non-hydrogen) atoms. The first-order valence-electron chi connectivity index (χ1n) is 6.04. The monoisotopic (exact) mass is 269 g/mol. The van der Waals surface area contributed by atoms with Gasteiger partial charge in [0.15, 0.2) is 9.84 Å². The highest BCUT2D eigenvalue weighted by Crippen LogP contribution is 2.26. The van der Waals surface area contributed by atoms with Gasteiger partial charge in [-0.1, -0.05) is 6.07 Å². The Balaban J connectivity index is 2.27. The second-order valence-corrected chi connectivity index (χ2v) is 7.10. The number of pyridine rings is 1. The van der Waals surface area contributed by atoms with Crippen molar-refractivity contribution in [1.82, 2.24) is 4.98 Å². The van der Waals surface area contributed by atoms with Crippen molar-refractivity contribution < 1.29 is 8.42 Å². The van der Waals surface area contributed by atoms with E-state index in [1.165, 1.54) is 0 Å². The molecule has 5 nitrogen and oxygen atoms in total. The Bertz CT molecular complexity index is 528. The van der Waals surface area contributed by atoms with E-state index in [0.717, 1.165) is 11.4 Å². The number of hydrogen-bond donors (Lipinski definition) is 1.